The maximum atomic E-state index is 11.3. The van der Waals surface area contributed by atoms with E-state index in [1.807, 2.05) is 0 Å². The summed E-state index contributed by atoms with van der Waals surface area (Å²) in [5.74, 6) is -1.52. The number of rotatable bonds is 8. The molecule has 1 fully saturated rings. The molecule has 1 rings (SSSR count). The molecule has 0 aliphatic carbocycles. The van der Waals surface area contributed by atoms with Gasteiger partial charge in [0.1, 0.15) is 0 Å². The van der Waals surface area contributed by atoms with Gasteiger partial charge in [0.25, 0.3) is 6.10 Å². The summed E-state index contributed by atoms with van der Waals surface area (Å²) >= 11 is 0. The predicted octanol–water partition coefficient (Wildman–Crippen LogP) is 1.23. The highest BCUT2D eigenvalue weighted by molar-refractivity contribution is 5.97. The van der Waals surface area contributed by atoms with Crippen molar-refractivity contribution in [2.45, 2.75) is 38.7 Å². The lowest BCUT2D eigenvalue weighted by Gasteiger charge is -2.22. The van der Waals surface area contributed by atoms with Gasteiger partial charge in [-0.15, -0.1) is 0 Å². The Kier molecular flexibility index (Phi) is 7.43. The molecule has 1 atom stereocenters. The molecule has 110 valence electrons. The topological polar surface area (TPSA) is 82.1 Å². The van der Waals surface area contributed by atoms with Gasteiger partial charge in [-0.25, -0.2) is 9.59 Å². The third kappa shape index (κ3) is 6.02. The molecule has 0 bridgehead atoms. The Balaban J connectivity index is 2.20. The molecule has 0 amide bonds. The van der Waals surface area contributed by atoms with Gasteiger partial charge in [-0.1, -0.05) is 0 Å². The molecule has 1 N–H and O–H groups in total. The van der Waals surface area contributed by atoms with E-state index < -0.39 is 18.0 Å². The number of esters is 1. The fourth-order valence-electron chi connectivity index (χ4n) is 2.07. The van der Waals surface area contributed by atoms with Crippen LogP contribution < -0.4 is 0 Å². The Labute approximate surface area is 113 Å². The summed E-state index contributed by atoms with van der Waals surface area (Å²) < 4.78 is 15.0. The van der Waals surface area contributed by atoms with Crippen molar-refractivity contribution >= 4 is 11.9 Å². The number of carbonyl (C=O) groups excluding carboxylic acids is 1. The fourth-order valence-corrected chi connectivity index (χ4v) is 2.07. The van der Waals surface area contributed by atoms with Crippen LogP contribution >= 0.6 is 0 Å². The van der Waals surface area contributed by atoms with Gasteiger partial charge >= 0.3 is 11.9 Å². The number of ether oxygens (including phenoxy) is 3. The number of hydrogen-bond acceptors (Lipinski definition) is 5. The van der Waals surface area contributed by atoms with Gasteiger partial charge in [0.05, 0.1) is 6.61 Å². The molecular formula is C13H22O6. The van der Waals surface area contributed by atoms with Gasteiger partial charge in [0.2, 0.25) is 0 Å². The number of hydrogen-bond donors (Lipinski definition) is 1. The molecule has 0 saturated carbocycles. The van der Waals surface area contributed by atoms with Gasteiger partial charge in [-0.3, -0.25) is 0 Å². The quantitative estimate of drug-likeness (QED) is 0.407. The highest BCUT2D eigenvalue weighted by Gasteiger charge is 2.28. The van der Waals surface area contributed by atoms with Gasteiger partial charge in [-0.05, 0) is 38.5 Å². The van der Waals surface area contributed by atoms with E-state index in [0.29, 0.717) is 5.92 Å². The van der Waals surface area contributed by atoms with E-state index in [1.54, 1.807) is 6.92 Å². The molecule has 1 aliphatic heterocycles. The van der Waals surface area contributed by atoms with Gasteiger partial charge in [0.15, 0.2) is 0 Å². The van der Waals surface area contributed by atoms with Crippen LogP contribution in [0.2, 0.25) is 0 Å². The second kappa shape index (κ2) is 8.87. The summed E-state index contributed by atoms with van der Waals surface area (Å²) in [6.45, 7) is 3.63. The maximum absolute atomic E-state index is 11.3. The van der Waals surface area contributed by atoms with Crippen molar-refractivity contribution in [3.05, 3.63) is 0 Å². The standard InChI is InChI=1S/C13H22O6/c1-2-18-13(16)11(12(14)15)19-7-3-4-10-5-8-17-9-6-10/h10-11H,2-9H2,1H3,(H,14,15). The average Bonchev–Trinajstić information content (AvgIpc) is 2.39. The lowest BCUT2D eigenvalue weighted by Crippen LogP contribution is -2.34. The molecule has 19 heavy (non-hydrogen) atoms. The molecule has 6 nitrogen and oxygen atoms in total. The van der Waals surface area contributed by atoms with Crippen LogP contribution in [0.3, 0.4) is 0 Å². The van der Waals surface area contributed by atoms with Crippen LogP contribution in [0.1, 0.15) is 32.6 Å². The molecule has 1 heterocycles. The molecule has 0 spiro atoms. The zero-order valence-corrected chi connectivity index (χ0v) is 11.3. The first-order chi connectivity index (χ1) is 9.15. The Morgan fingerprint density at radius 2 is 2.05 bits per heavy atom. The highest BCUT2D eigenvalue weighted by Crippen LogP contribution is 2.19. The van der Waals surface area contributed by atoms with Crippen LogP contribution in [0.5, 0.6) is 0 Å². The Morgan fingerprint density at radius 1 is 1.37 bits per heavy atom. The van der Waals surface area contributed by atoms with E-state index >= 15 is 0 Å². The first kappa shape index (κ1) is 15.9. The number of aliphatic carboxylic acids is 1. The Bertz CT molecular complexity index is 285. The summed E-state index contributed by atoms with van der Waals surface area (Å²) in [5.41, 5.74) is 0. The molecule has 1 unspecified atom stereocenters. The van der Waals surface area contributed by atoms with E-state index in [9.17, 15) is 9.59 Å². The molecule has 1 saturated heterocycles. The SMILES string of the molecule is CCOC(=O)C(OCCCC1CCOCC1)C(=O)O. The van der Waals surface area contributed by atoms with Crippen molar-refractivity contribution in [2.24, 2.45) is 5.92 Å². The summed E-state index contributed by atoms with van der Waals surface area (Å²) in [7, 11) is 0. The maximum Gasteiger partial charge on any atom is 0.347 e. The first-order valence-electron chi connectivity index (χ1n) is 6.74. The van der Waals surface area contributed by atoms with Crippen LogP contribution in [-0.2, 0) is 23.8 Å². The number of carbonyl (C=O) groups is 2. The first-order valence-corrected chi connectivity index (χ1v) is 6.74. The molecule has 0 aromatic carbocycles. The fraction of sp³-hybridized carbons (Fsp3) is 0.846. The largest absolute Gasteiger partial charge is 0.479 e. The second-order valence-electron chi connectivity index (χ2n) is 4.54. The van der Waals surface area contributed by atoms with Crippen LogP contribution in [0.15, 0.2) is 0 Å². The molecule has 1 aliphatic rings. The smallest absolute Gasteiger partial charge is 0.347 e. The minimum absolute atomic E-state index is 0.147. The Morgan fingerprint density at radius 3 is 2.63 bits per heavy atom. The number of carboxylic acid groups (broad SMARTS) is 1. The van der Waals surface area contributed by atoms with E-state index in [0.717, 1.165) is 38.9 Å². The van der Waals surface area contributed by atoms with E-state index in [1.165, 1.54) is 0 Å². The third-order valence-electron chi connectivity index (χ3n) is 3.11. The molecule has 0 aromatic heterocycles. The lowest BCUT2D eigenvalue weighted by atomic mass is 9.95. The van der Waals surface area contributed by atoms with Crippen LogP contribution in [0.4, 0.5) is 0 Å². The zero-order valence-electron chi connectivity index (χ0n) is 11.3. The minimum atomic E-state index is -1.50. The average molecular weight is 274 g/mol. The molecule has 0 aromatic rings. The Hall–Kier alpha value is -1.14. The van der Waals surface area contributed by atoms with Crippen molar-refractivity contribution in [1.29, 1.82) is 0 Å². The van der Waals surface area contributed by atoms with E-state index in [-0.39, 0.29) is 13.2 Å². The predicted molar refractivity (Wildman–Crippen MR) is 66.8 cm³/mol. The summed E-state index contributed by atoms with van der Waals surface area (Å²) in [6, 6.07) is 0. The summed E-state index contributed by atoms with van der Waals surface area (Å²) in [4.78, 5) is 22.2. The molecule has 0 radical (unpaired) electrons. The highest BCUT2D eigenvalue weighted by atomic mass is 16.6. The molecule has 6 heteroatoms. The summed E-state index contributed by atoms with van der Waals surface area (Å²) in [5, 5.41) is 8.88. The van der Waals surface area contributed by atoms with Crippen molar-refractivity contribution in [3.8, 4) is 0 Å². The van der Waals surface area contributed by atoms with Crippen molar-refractivity contribution < 1.29 is 28.9 Å². The van der Waals surface area contributed by atoms with Crippen molar-refractivity contribution in [2.75, 3.05) is 26.4 Å². The van der Waals surface area contributed by atoms with Gasteiger partial charge < -0.3 is 19.3 Å². The second-order valence-corrected chi connectivity index (χ2v) is 4.54. The number of carboxylic acids is 1. The van der Waals surface area contributed by atoms with Gasteiger partial charge in [-0.2, -0.15) is 0 Å². The lowest BCUT2D eigenvalue weighted by molar-refractivity contribution is -0.169. The van der Waals surface area contributed by atoms with Crippen LogP contribution in [0.25, 0.3) is 0 Å². The minimum Gasteiger partial charge on any atom is -0.479 e. The third-order valence-corrected chi connectivity index (χ3v) is 3.11. The zero-order chi connectivity index (χ0) is 14.1. The van der Waals surface area contributed by atoms with Crippen LogP contribution in [0, 0.1) is 5.92 Å². The summed E-state index contributed by atoms with van der Waals surface area (Å²) in [6.07, 6.45) is 2.29. The van der Waals surface area contributed by atoms with Crippen molar-refractivity contribution in [3.63, 3.8) is 0 Å². The monoisotopic (exact) mass is 274 g/mol. The van der Waals surface area contributed by atoms with Crippen LogP contribution in [-0.4, -0.2) is 49.6 Å². The normalized spacial score (nSPS) is 17.9. The van der Waals surface area contributed by atoms with Crippen molar-refractivity contribution in [1.82, 2.24) is 0 Å². The van der Waals surface area contributed by atoms with E-state index in [2.05, 4.69) is 4.74 Å². The van der Waals surface area contributed by atoms with E-state index in [4.69, 9.17) is 14.6 Å². The van der Waals surface area contributed by atoms with Gasteiger partial charge in [0, 0.05) is 19.8 Å². The molecular weight excluding hydrogens is 252 g/mol.